The molecule has 7 nitrogen and oxygen atoms in total. The van der Waals surface area contributed by atoms with Crippen LogP contribution in [0.4, 0.5) is 0 Å². The molecular formula is C25H40O7. The Morgan fingerprint density at radius 3 is 2.41 bits per heavy atom. The maximum Gasteiger partial charge on any atom is 0.333 e. The van der Waals surface area contributed by atoms with E-state index in [1.54, 1.807) is 6.92 Å². The van der Waals surface area contributed by atoms with Crippen LogP contribution in [0.2, 0.25) is 0 Å². The van der Waals surface area contributed by atoms with Gasteiger partial charge in [-0.1, -0.05) is 33.3 Å². The molecule has 32 heavy (non-hydrogen) atoms. The van der Waals surface area contributed by atoms with Gasteiger partial charge < -0.3 is 19.3 Å². The number of hydrogen-bond donors (Lipinski definition) is 1. The van der Waals surface area contributed by atoms with Crippen molar-refractivity contribution in [2.75, 3.05) is 13.7 Å². The quantitative estimate of drug-likeness (QED) is 0.439. The van der Waals surface area contributed by atoms with E-state index in [1.807, 2.05) is 6.08 Å². The summed E-state index contributed by atoms with van der Waals surface area (Å²) in [7, 11) is 1.39. The van der Waals surface area contributed by atoms with E-state index in [0.29, 0.717) is 17.9 Å². The van der Waals surface area contributed by atoms with E-state index >= 15 is 0 Å². The van der Waals surface area contributed by atoms with Crippen LogP contribution in [0, 0.1) is 22.7 Å². The Balaban J connectivity index is 2.31. The van der Waals surface area contributed by atoms with Gasteiger partial charge in [0.05, 0.1) is 7.11 Å². The normalized spacial score (nSPS) is 29.6. The zero-order valence-corrected chi connectivity index (χ0v) is 20.7. The number of aliphatic hydroxyl groups is 1. The van der Waals surface area contributed by atoms with Gasteiger partial charge in [0.25, 0.3) is 0 Å². The highest BCUT2D eigenvalue weighted by Crippen LogP contribution is 2.60. The summed E-state index contributed by atoms with van der Waals surface area (Å²) in [6, 6.07) is 0. The highest BCUT2D eigenvalue weighted by molar-refractivity contribution is 5.89. The molecule has 2 aliphatic rings. The van der Waals surface area contributed by atoms with Gasteiger partial charge in [0, 0.05) is 19.4 Å². The number of carbonyl (C=O) groups is 3. The Hall–Kier alpha value is -1.89. The van der Waals surface area contributed by atoms with Crippen molar-refractivity contribution in [3.8, 4) is 0 Å². The molecule has 0 radical (unpaired) electrons. The molecule has 1 fully saturated rings. The first kappa shape index (κ1) is 26.4. The standard InChI is InChI=1S/C25H40O7/c1-16(26)31-15-21(32-17(2)27)25(6,29)14-11-19-18(22(28)30-7)9-10-20-23(3,4)12-8-13-24(19,20)5/h9,19-21,29H,8,10-15H2,1-7H3/t19-,20-,21+,24+,25-/m0/s1. The summed E-state index contributed by atoms with van der Waals surface area (Å²) in [4.78, 5) is 35.5. The van der Waals surface area contributed by atoms with Gasteiger partial charge in [-0.15, -0.1) is 0 Å². The molecule has 1 saturated carbocycles. The lowest BCUT2D eigenvalue weighted by Crippen LogP contribution is -2.51. The molecule has 0 bridgehead atoms. The first-order chi connectivity index (χ1) is 14.7. The average molecular weight is 453 g/mol. The highest BCUT2D eigenvalue weighted by atomic mass is 16.6. The van der Waals surface area contributed by atoms with Crippen molar-refractivity contribution in [3.63, 3.8) is 0 Å². The van der Waals surface area contributed by atoms with Crippen molar-refractivity contribution in [2.45, 2.75) is 91.8 Å². The lowest BCUT2D eigenvalue weighted by atomic mass is 9.48. The largest absolute Gasteiger partial charge is 0.466 e. The summed E-state index contributed by atoms with van der Waals surface area (Å²) in [6.07, 6.45) is 5.90. The molecule has 0 aromatic heterocycles. The zero-order chi connectivity index (χ0) is 24.3. The fourth-order valence-corrected chi connectivity index (χ4v) is 6.07. The number of methoxy groups -OCH3 is 1. The van der Waals surface area contributed by atoms with Crippen LogP contribution in [-0.4, -0.2) is 48.4 Å². The van der Waals surface area contributed by atoms with Gasteiger partial charge in [0.2, 0.25) is 0 Å². The van der Waals surface area contributed by atoms with Crippen molar-refractivity contribution in [1.29, 1.82) is 0 Å². The zero-order valence-electron chi connectivity index (χ0n) is 20.7. The van der Waals surface area contributed by atoms with Gasteiger partial charge in [-0.25, -0.2) is 4.79 Å². The lowest BCUT2D eigenvalue weighted by molar-refractivity contribution is -0.175. The molecule has 0 aromatic rings. The highest BCUT2D eigenvalue weighted by Gasteiger charge is 2.54. The number of rotatable bonds is 8. The molecule has 0 aromatic carbocycles. The fraction of sp³-hybridized carbons (Fsp3) is 0.800. The first-order valence-electron chi connectivity index (χ1n) is 11.6. The van der Waals surface area contributed by atoms with E-state index in [-0.39, 0.29) is 35.7 Å². The average Bonchev–Trinajstić information content (AvgIpc) is 2.67. The Bertz CT molecular complexity index is 751. The molecular weight excluding hydrogens is 412 g/mol. The molecule has 7 heteroatoms. The van der Waals surface area contributed by atoms with Gasteiger partial charge in [-0.2, -0.15) is 0 Å². The van der Waals surface area contributed by atoms with Crippen LogP contribution in [-0.2, 0) is 28.6 Å². The van der Waals surface area contributed by atoms with E-state index in [1.165, 1.54) is 21.0 Å². The van der Waals surface area contributed by atoms with Crippen molar-refractivity contribution in [1.82, 2.24) is 0 Å². The van der Waals surface area contributed by atoms with Crippen LogP contribution in [0.3, 0.4) is 0 Å². The second-order valence-electron chi connectivity index (χ2n) is 10.6. The predicted molar refractivity (Wildman–Crippen MR) is 119 cm³/mol. The molecule has 0 unspecified atom stereocenters. The SMILES string of the molecule is COC(=O)C1=CC[C@H]2C(C)(C)CCC[C@]2(C)[C@H]1CC[C@](C)(O)[C@@H](COC(C)=O)OC(C)=O. The van der Waals surface area contributed by atoms with Gasteiger partial charge in [-0.3, -0.25) is 9.59 Å². The van der Waals surface area contributed by atoms with Crippen molar-refractivity contribution >= 4 is 17.9 Å². The van der Waals surface area contributed by atoms with Crippen molar-refractivity contribution < 1.29 is 33.7 Å². The molecule has 182 valence electrons. The van der Waals surface area contributed by atoms with E-state index in [2.05, 4.69) is 20.8 Å². The van der Waals surface area contributed by atoms with Crippen LogP contribution in [0.5, 0.6) is 0 Å². The maximum absolute atomic E-state index is 12.7. The van der Waals surface area contributed by atoms with Crippen LogP contribution in [0.15, 0.2) is 11.6 Å². The van der Waals surface area contributed by atoms with E-state index in [9.17, 15) is 19.5 Å². The van der Waals surface area contributed by atoms with Crippen LogP contribution in [0.25, 0.3) is 0 Å². The number of allylic oxidation sites excluding steroid dienone is 1. The van der Waals surface area contributed by atoms with Gasteiger partial charge in [-0.05, 0) is 61.7 Å². The van der Waals surface area contributed by atoms with Crippen LogP contribution in [0.1, 0.15) is 80.1 Å². The minimum absolute atomic E-state index is 0.0912. The third-order valence-corrected chi connectivity index (χ3v) is 7.82. The summed E-state index contributed by atoms with van der Waals surface area (Å²) < 4.78 is 15.4. The van der Waals surface area contributed by atoms with Crippen molar-refractivity contribution in [3.05, 3.63) is 11.6 Å². The van der Waals surface area contributed by atoms with E-state index in [4.69, 9.17) is 14.2 Å². The summed E-state index contributed by atoms with van der Waals surface area (Å²) >= 11 is 0. The number of carbonyl (C=O) groups excluding carboxylic acids is 3. The van der Waals surface area contributed by atoms with Gasteiger partial charge in [0.15, 0.2) is 6.10 Å². The van der Waals surface area contributed by atoms with Crippen molar-refractivity contribution in [2.24, 2.45) is 22.7 Å². The molecule has 5 atom stereocenters. The molecule has 1 N–H and O–H groups in total. The topological polar surface area (TPSA) is 99.1 Å². The van der Waals surface area contributed by atoms with Gasteiger partial charge >= 0.3 is 17.9 Å². The van der Waals surface area contributed by atoms with Crippen LogP contribution >= 0.6 is 0 Å². The Morgan fingerprint density at radius 1 is 1.19 bits per heavy atom. The second-order valence-corrected chi connectivity index (χ2v) is 10.6. The smallest absolute Gasteiger partial charge is 0.333 e. The molecule has 2 aliphatic carbocycles. The number of esters is 3. The summed E-state index contributed by atoms with van der Waals surface area (Å²) in [6.45, 7) is 10.7. The van der Waals surface area contributed by atoms with Gasteiger partial charge in [0.1, 0.15) is 12.2 Å². The summed E-state index contributed by atoms with van der Waals surface area (Å²) in [5, 5.41) is 11.2. The molecule has 2 rings (SSSR count). The Labute approximate surface area is 191 Å². The van der Waals surface area contributed by atoms with Crippen LogP contribution < -0.4 is 0 Å². The minimum Gasteiger partial charge on any atom is -0.466 e. The molecule has 0 amide bonds. The molecule has 0 spiro atoms. The second kappa shape index (κ2) is 9.94. The number of fused-ring (bicyclic) bond motifs is 1. The maximum atomic E-state index is 12.7. The summed E-state index contributed by atoms with van der Waals surface area (Å²) in [5.41, 5.74) is -0.718. The number of hydrogen-bond acceptors (Lipinski definition) is 7. The molecule has 0 heterocycles. The molecule has 0 aliphatic heterocycles. The minimum atomic E-state index is -1.43. The Morgan fingerprint density at radius 2 is 1.84 bits per heavy atom. The van der Waals surface area contributed by atoms with E-state index in [0.717, 1.165) is 25.7 Å². The summed E-state index contributed by atoms with van der Waals surface area (Å²) in [5.74, 6) is -1.07. The third-order valence-electron chi connectivity index (χ3n) is 7.82. The third kappa shape index (κ3) is 5.72. The lowest BCUT2D eigenvalue weighted by Gasteiger charge is -2.57. The number of ether oxygens (including phenoxy) is 3. The monoisotopic (exact) mass is 452 g/mol. The van der Waals surface area contributed by atoms with E-state index < -0.39 is 23.6 Å². The predicted octanol–water partition coefficient (Wildman–Crippen LogP) is 3.96. The fourth-order valence-electron chi connectivity index (χ4n) is 6.07. The Kier molecular flexibility index (Phi) is 8.19. The molecule has 0 saturated heterocycles. The first-order valence-corrected chi connectivity index (χ1v) is 11.6.